The summed E-state index contributed by atoms with van der Waals surface area (Å²) in [7, 11) is 0. The van der Waals surface area contributed by atoms with Crippen LogP contribution in [-0.4, -0.2) is 29.1 Å². The largest absolute Gasteiger partial charge is 0.468 e. The third kappa shape index (κ3) is 2.46. The molecule has 0 aliphatic carbocycles. The molecule has 1 aliphatic heterocycles. The Hall–Kier alpha value is -1.69. The number of nitrogens with zero attached hydrogens (tertiary/aromatic N) is 2. The van der Waals surface area contributed by atoms with Crippen LogP contribution in [0.1, 0.15) is 12.8 Å². The average Bonchev–Trinajstić information content (AvgIpc) is 2.31. The lowest BCUT2D eigenvalue weighted by Gasteiger charge is -2.22. The predicted molar refractivity (Wildman–Crippen MR) is 57.4 cm³/mol. The quantitative estimate of drug-likeness (QED) is 0.613. The smallest absolute Gasteiger partial charge is 0.330 e. The minimum atomic E-state index is -0.474. The van der Waals surface area contributed by atoms with E-state index in [2.05, 4.69) is 10.3 Å². The first-order valence-corrected chi connectivity index (χ1v) is 5.24. The average molecular weight is 223 g/mol. The fourth-order valence-electron chi connectivity index (χ4n) is 1.69. The zero-order chi connectivity index (χ0) is 11.4. The Kier molecular flexibility index (Phi) is 3.31. The summed E-state index contributed by atoms with van der Waals surface area (Å²) < 4.78 is 5.53. The summed E-state index contributed by atoms with van der Waals surface area (Å²) in [6, 6.07) is 2.93. The molecule has 2 heterocycles. The first-order valence-electron chi connectivity index (χ1n) is 5.24. The molecular formula is C10H13N3O3. The van der Waals surface area contributed by atoms with Gasteiger partial charge in [-0.05, 0) is 25.5 Å². The molecule has 1 aromatic heterocycles. The molecule has 2 rings (SSSR count). The number of nitrogens with one attached hydrogen (secondary N) is 1. The fraction of sp³-hybridized carbons (Fsp3) is 0.500. The van der Waals surface area contributed by atoms with Crippen molar-refractivity contribution in [1.82, 2.24) is 10.3 Å². The molecule has 1 N–H and O–H groups in total. The SMILES string of the molecule is O=[N+]([O-])c1cccnc1O[C@@H]1CCCNC1. The lowest BCUT2D eigenvalue weighted by atomic mass is 10.1. The highest BCUT2D eigenvalue weighted by Crippen LogP contribution is 2.24. The molecule has 1 saturated heterocycles. The molecule has 0 radical (unpaired) electrons. The van der Waals surface area contributed by atoms with Crippen LogP contribution in [0.4, 0.5) is 5.69 Å². The topological polar surface area (TPSA) is 77.3 Å². The van der Waals surface area contributed by atoms with E-state index in [-0.39, 0.29) is 17.7 Å². The van der Waals surface area contributed by atoms with Crippen molar-refractivity contribution >= 4 is 5.69 Å². The van der Waals surface area contributed by atoms with Crippen LogP contribution in [0, 0.1) is 10.1 Å². The summed E-state index contributed by atoms with van der Waals surface area (Å²) in [6.45, 7) is 1.69. The zero-order valence-corrected chi connectivity index (χ0v) is 8.76. The lowest BCUT2D eigenvalue weighted by molar-refractivity contribution is -0.386. The van der Waals surface area contributed by atoms with Gasteiger partial charge in [0.25, 0.3) is 5.88 Å². The third-order valence-corrected chi connectivity index (χ3v) is 2.48. The number of hydrogen-bond donors (Lipinski definition) is 1. The van der Waals surface area contributed by atoms with Gasteiger partial charge in [0.1, 0.15) is 6.10 Å². The van der Waals surface area contributed by atoms with Crippen LogP contribution in [0.15, 0.2) is 18.3 Å². The summed E-state index contributed by atoms with van der Waals surface area (Å²) in [4.78, 5) is 14.2. The Bertz CT molecular complexity index is 377. The maximum Gasteiger partial charge on any atom is 0.330 e. The van der Waals surface area contributed by atoms with Crippen LogP contribution in [0.2, 0.25) is 0 Å². The van der Waals surface area contributed by atoms with Crippen LogP contribution in [0.5, 0.6) is 5.88 Å². The van der Waals surface area contributed by atoms with Gasteiger partial charge in [0.05, 0.1) is 4.92 Å². The molecule has 6 heteroatoms. The van der Waals surface area contributed by atoms with E-state index < -0.39 is 4.92 Å². The van der Waals surface area contributed by atoms with Gasteiger partial charge in [0, 0.05) is 18.8 Å². The number of aromatic nitrogens is 1. The van der Waals surface area contributed by atoms with Crippen LogP contribution < -0.4 is 10.1 Å². The molecule has 1 aliphatic rings. The third-order valence-electron chi connectivity index (χ3n) is 2.48. The van der Waals surface area contributed by atoms with Crippen molar-refractivity contribution in [2.75, 3.05) is 13.1 Å². The Balaban J connectivity index is 2.10. The van der Waals surface area contributed by atoms with Crippen molar-refractivity contribution in [3.63, 3.8) is 0 Å². The molecular weight excluding hydrogens is 210 g/mol. The molecule has 16 heavy (non-hydrogen) atoms. The van der Waals surface area contributed by atoms with Crippen molar-refractivity contribution in [1.29, 1.82) is 0 Å². The molecule has 1 aromatic rings. The van der Waals surface area contributed by atoms with Crippen molar-refractivity contribution in [3.05, 3.63) is 28.4 Å². The molecule has 1 atom stereocenters. The molecule has 0 saturated carbocycles. The Morgan fingerprint density at radius 2 is 2.50 bits per heavy atom. The molecule has 0 amide bonds. The van der Waals surface area contributed by atoms with Crippen LogP contribution in [0.25, 0.3) is 0 Å². The maximum absolute atomic E-state index is 10.7. The number of ether oxygens (including phenoxy) is 1. The van der Waals surface area contributed by atoms with Gasteiger partial charge in [-0.1, -0.05) is 0 Å². The van der Waals surface area contributed by atoms with E-state index >= 15 is 0 Å². The molecule has 0 bridgehead atoms. The molecule has 6 nitrogen and oxygen atoms in total. The minimum absolute atomic E-state index is 0.0256. The lowest BCUT2D eigenvalue weighted by Crippen LogP contribution is -2.37. The Morgan fingerprint density at radius 3 is 3.19 bits per heavy atom. The van der Waals surface area contributed by atoms with E-state index in [0.717, 1.165) is 19.4 Å². The van der Waals surface area contributed by atoms with Gasteiger partial charge < -0.3 is 10.1 Å². The highest BCUT2D eigenvalue weighted by Gasteiger charge is 2.21. The molecule has 1 fully saturated rings. The van der Waals surface area contributed by atoms with E-state index in [0.29, 0.717) is 6.54 Å². The van der Waals surface area contributed by atoms with Crippen LogP contribution in [-0.2, 0) is 0 Å². The molecule has 0 aromatic carbocycles. The number of nitro groups is 1. The molecule has 0 unspecified atom stereocenters. The van der Waals surface area contributed by atoms with Gasteiger partial charge in [-0.3, -0.25) is 10.1 Å². The van der Waals surface area contributed by atoms with Crippen LogP contribution >= 0.6 is 0 Å². The highest BCUT2D eigenvalue weighted by atomic mass is 16.6. The predicted octanol–water partition coefficient (Wildman–Crippen LogP) is 1.12. The number of pyridine rings is 1. The maximum atomic E-state index is 10.7. The van der Waals surface area contributed by atoms with Crippen molar-refractivity contribution in [2.24, 2.45) is 0 Å². The number of rotatable bonds is 3. The monoisotopic (exact) mass is 223 g/mol. The van der Waals surface area contributed by atoms with Crippen LogP contribution in [0.3, 0.4) is 0 Å². The fourth-order valence-corrected chi connectivity index (χ4v) is 1.69. The number of piperidine rings is 1. The van der Waals surface area contributed by atoms with Gasteiger partial charge in [-0.25, -0.2) is 4.98 Å². The standard InChI is InChI=1S/C10H13N3O3/c14-13(15)9-4-2-6-12-10(9)16-8-3-1-5-11-7-8/h2,4,6,8,11H,1,3,5,7H2/t8-/m1/s1. The van der Waals surface area contributed by atoms with E-state index in [9.17, 15) is 10.1 Å². The summed E-state index contributed by atoms with van der Waals surface area (Å²) in [5.74, 6) is 0.112. The normalized spacial score (nSPS) is 20.4. The second-order valence-corrected chi connectivity index (χ2v) is 3.67. The van der Waals surface area contributed by atoms with Crippen molar-refractivity contribution in [2.45, 2.75) is 18.9 Å². The molecule has 86 valence electrons. The van der Waals surface area contributed by atoms with Crippen molar-refractivity contribution in [3.8, 4) is 5.88 Å². The van der Waals surface area contributed by atoms with E-state index in [4.69, 9.17) is 4.74 Å². The highest BCUT2D eigenvalue weighted by molar-refractivity contribution is 5.39. The Labute approximate surface area is 92.8 Å². The van der Waals surface area contributed by atoms with E-state index in [1.807, 2.05) is 0 Å². The van der Waals surface area contributed by atoms with Gasteiger partial charge in [-0.15, -0.1) is 0 Å². The van der Waals surface area contributed by atoms with Gasteiger partial charge in [0.15, 0.2) is 0 Å². The second-order valence-electron chi connectivity index (χ2n) is 3.67. The summed E-state index contributed by atoms with van der Waals surface area (Å²) >= 11 is 0. The zero-order valence-electron chi connectivity index (χ0n) is 8.76. The van der Waals surface area contributed by atoms with E-state index in [1.54, 1.807) is 0 Å². The minimum Gasteiger partial charge on any atom is -0.468 e. The van der Waals surface area contributed by atoms with Gasteiger partial charge in [-0.2, -0.15) is 0 Å². The first kappa shape index (κ1) is 10.8. The second kappa shape index (κ2) is 4.89. The van der Waals surface area contributed by atoms with Crippen molar-refractivity contribution < 1.29 is 9.66 Å². The van der Waals surface area contributed by atoms with Gasteiger partial charge in [0.2, 0.25) is 0 Å². The number of hydrogen-bond acceptors (Lipinski definition) is 5. The molecule has 0 spiro atoms. The summed E-state index contributed by atoms with van der Waals surface area (Å²) in [6.07, 6.45) is 3.40. The van der Waals surface area contributed by atoms with E-state index in [1.165, 1.54) is 18.3 Å². The van der Waals surface area contributed by atoms with Gasteiger partial charge >= 0.3 is 5.69 Å². The summed E-state index contributed by atoms with van der Waals surface area (Å²) in [5, 5.41) is 13.9. The summed E-state index contributed by atoms with van der Waals surface area (Å²) in [5.41, 5.74) is -0.0759. The Morgan fingerprint density at radius 1 is 1.62 bits per heavy atom. The first-order chi connectivity index (χ1) is 7.77.